The highest BCUT2D eigenvalue weighted by molar-refractivity contribution is 7.99. The van der Waals surface area contributed by atoms with Gasteiger partial charge in [0.05, 0.1) is 5.75 Å². The molecule has 0 aliphatic rings. The van der Waals surface area contributed by atoms with Gasteiger partial charge in [-0.1, -0.05) is 32.0 Å². The van der Waals surface area contributed by atoms with Crippen LogP contribution in [0.25, 0.3) is 10.9 Å². The van der Waals surface area contributed by atoms with Crippen molar-refractivity contribution in [3.63, 3.8) is 0 Å². The van der Waals surface area contributed by atoms with Crippen LogP contribution in [0.3, 0.4) is 0 Å². The van der Waals surface area contributed by atoms with Crippen LogP contribution in [0.2, 0.25) is 0 Å². The van der Waals surface area contributed by atoms with Crippen LogP contribution in [0.4, 0.5) is 0 Å². The highest BCUT2D eigenvalue weighted by Crippen LogP contribution is 2.20. The van der Waals surface area contributed by atoms with Gasteiger partial charge in [0.15, 0.2) is 5.78 Å². The summed E-state index contributed by atoms with van der Waals surface area (Å²) in [5.74, 6) is 2.57. The molecule has 0 saturated carbocycles. The average molecular weight is 261 g/mol. The number of Topliss-reactive ketones (excluding diaryl/α,β-unsaturated/α-hetero) is 1. The molecule has 1 N–H and O–H groups in total. The Morgan fingerprint density at radius 1 is 1.33 bits per heavy atom. The van der Waals surface area contributed by atoms with E-state index in [0.29, 0.717) is 11.7 Å². The molecule has 96 valence electrons. The number of H-pyrrole nitrogens is 1. The van der Waals surface area contributed by atoms with Crippen LogP contribution < -0.4 is 0 Å². The zero-order valence-corrected chi connectivity index (χ0v) is 11.7. The van der Waals surface area contributed by atoms with E-state index in [-0.39, 0.29) is 5.78 Å². The summed E-state index contributed by atoms with van der Waals surface area (Å²) in [6, 6.07) is 7.94. The van der Waals surface area contributed by atoms with Gasteiger partial charge in [0.25, 0.3) is 0 Å². The lowest BCUT2D eigenvalue weighted by atomic mass is 10.1. The lowest BCUT2D eigenvalue weighted by Gasteiger charge is -2.03. The zero-order chi connectivity index (χ0) is 13.0. The van der Waals surface area contributed by atoms with E-state index in [2.05, 4.69) is 18.8 Å². The average Bonchev–Trinajstić information content (AvgIpc) is 2.78. The Bertz CT molecular complexity index is 530. The number of benzene rings is 1. The summed E-state index contributed by atoms with van der Waals surface area (Å²) < 4.78 is 0. The first-order chi connectivity index (χ1) is 8.68. The van der Waals surface area contributed by atoms with E-state index in [9.17, 15) is 4.79 Å². The highest BCUT2D eigenvalue weighted by Gasteiger charge is 2.11. The molecule has 0 unspecified atom stereocenters. The summed E-state index contributed by atoms with van der Waals surface area (Å²) in [5, 5.41) is 1.03. The van der Waals surface area contributed by atoms with Gasteiger partial charge in [0.2, 0.25) is 0 Å². The molecule has 0 bridgehead atoms. The summed E-state index contributed by atoms with van der Waals surface area (Å²) in [7, 11) is 0. The number of aromatic nitrogens is 1. The fourth-order valence-corrected chi connectivity index (χ4v) is 2.99. The smallest absolute Gasteiger partial charge is 0.174 e. The number of ketones is 1. The van der Waals surface area contributed by atoms with Crippen molar-refractivity contribution in [3.8, 4) is 0 Å². The van der Waals surface area contributed by atoms with Gasteiger partial charge >= 0.3 is 0 Å². The topological polar surface area (TPSA) is 32.9 Å². The van der Waals surface area contributed by atoms with Crippen molar-refractivity contribution in [3.05, 3.63) is 36.0 Å². The molecule has 1 aromatic carbocycles. The number of hydrogen-bond acceptors (Lipinski definition) is 2. The van der Waals surface area contributed by atoms with Crippen molar-refractivity contribution in [2.75, 3.05) is 11.5 Å². The van der Waals surface area contributed by atoms with Crippen molar-refractivity contribution in [2.24, 2.45) is 5.92 Å². The van der Waals surface area contributed by atoms with Crippen molar-refractivity contribution < 1.29 is 4.79 Å². The molecular formula is C15H19NOS. The predicted octanol–water partition coefficient (Wildman–Crippen LogP) is 4.13. The maximum absolute atomic E-state index is 12.1. The zero-order valence-electron chi connectivity index (χ0n) is 10.9. The minimum absolute atomic E-state index is 0.223. The van der Waals surface area contributed by atoms with Crippen LogP contribution in [0, 0.1) is 5.92 Å². The number of rotatable bonds is 6. The second kappa shape index (κ2) is 6.10. The molecule has 0 spiro atoms. The summed E-state index contributed by atoms with van der Waals surface area (Å²) in [4.78, 5) is 15.3. The van der Waals surface area contributed by atoms with Crippen molar-refractivity contribution in [1.29, 1.82) is 0 Å². The van der Waals surface area contributed by atoms with Gasteiger partial charge in [-0.3, -0.25) is 4.79 Å². The van der Waals surface area contributed by atoms with Crippen LogP contribution in [0.15, 0.2) is 30.5 Å². The minimum atomic E-state index is 0.223. The Hall–Kier alpha value is -1.22. The number of aromatic amines is 1. The summed E-state index contributed by atoms with van der Waals surface area (Å²) in [5.41, 5.74) is 1.86. The van der Waals surface area contributed by atoms with Gasteiger partial charge in [-0.05, 0) is 24.2 Å². The number of hydrogen-bond donors (Lipinski definition) is 1. The van der Waals surface area contributed by atoms with E-state index >= 15 is 0 Å². The van der Waals surface area contributed by atoms with Crippen molar-refractivity contribution in [2.45, 2.75) is 20.3 Å². The number of carbonyl (C=O) groups is 1. The molecule has 0 aliphatic heterocycles. The minimum Gasteiger partial charge on any atom is -0.360 e. The van der Waals surface area contributed by atoms with Crippen molar-refractivity contribution in [1.82, 2.24) is 4.98 Å². The van der Waals surface area contributed by atoms with Gasteiger partial charge in [-0.2, -0.15) is 11.8 Å². The number of nitrogens with one attached hydrogen (secondary N) is 1. The van der Waals surface area contributed by atoms with E-state index in [1.54, 1.807) is 11.8 Å². The summed E-state index contributed by atoms with van der Waals surface area (Å²) in [6.07, 6.45) is 3.00. The number of carbonyl (C=O) groups excluding carboxylic acids is 1. The molecule has 0 aliphatic carbocycles. The summed E-state index contributed by atoms with van der Waals surface area (Å²) in [6.45, 7) is 4.42. The second-order valence-corrected chi connectivity index (χ2v) is 6.01. The first kappa shape index (κ1) is 13.2. The molecule has 0 atom stereocenters. The fraction of sp³-hybridized carbons (Fsp3) is 0.400. The van der Waals surface area contributed by atoms with Gasteiger partial charge in [-0.25, -0.2) is 0 Å². The Morgan fingerprint density at radius 2 is 2.11 bits per heavy atom. The molecule has 3 heteroatoms. The number of para-hydroxylation sites is 1. The first-order valence-corrected chi connectivity index (χ1v) is 7.51. The molecule has 0 amide bonds. The van der Waals surface area contributed by atoms with E-state index in [1.165, 1.54) is 6.42 Å². The van der Waals surface area contributed by atoms with Crippen LogP contribution in [-0.2, 0) is 0 Å². The monoisotopic (exact) mass is 261 g/mol. The molecule has 1 heterocycles. The largest absolute Gasteiger partial charge is 0.360 e. The fourth-order valence-electron chi connectivity index (χ4n) is 1.86. The highest BCUT2D eigenvalue weighted by atomic mass is 32.2. The first-order valence-electron chi connectivity index (χ1n) is 6.35. The lowest BCUT2D eigenvalue weighted by molar-refractivity contribution is 0.102. The standard InChI is InChI=1S/C15H19NOS/c1-11(2)7-8-18-10-15(17)13-9-16-14-6-4-3-5-12(13)14/h3-6,9,11,16H,7-8,10H2,1-2H3. The third kappa shape index (κ3) is 3.16. The van der Waals surface area contributed by atoms with Gasteiger partial charge < -0.3 is 4.98 Å². The third-order valence-corrected chi connectivity index (χ3v) is 3.95. The van der Waals surface area contributed by atoms with Gasteiger partial charge in [-0.15, -0.1) is 0 Å². The van der Waals surface area contributed by atoms with Crippen LogP contribution in [0.5, 0.6) is 0 Å². The number of fused-ring (bicyclic) bond motifs is 1. The van der Waals surface area contributed by atoms with E-state index in [0.717, 1.165) is 22.2 Å². The third-order valence-electron chi connectivity index (χ3n) is 2.96. The van der Waals surface area contributed by atoms with E-state index in [1.807, 2.05) is 30.5 Å². The van der Waals surface area contributed by atoms with Gasteiger partial charge in [0.1, 0.15) is 0 Å². The molecule has 2 rings (SSSR count). The lowest BCUT2D eigenvalue weighted by Crippen LogP contribution is -2.02. The molecule has 0 radical (unpaired) electrons. The second-order valence-electron chi connectivity index (χ2n) is 4.91. The molecule has 18 heavy (non-hydrogen) atoms. The SMILES string of the molecule is CC(C)CCSCC(=O)c1c[nH]c2ccccc12. The molecule has 0 fully saturated rings. The molecular weight excluding hydrogens is 242 g/mol. The Kier molecular flexibility index (Phi) is 4.48. The number of thioether (sulfide) groups is 1. The quantitative estimate of drug-likeness (QED) is 0.626. The van der Waals surface area contributed by atoms with Crippen LogP contribution in [0.1, 0.15) is 30.6 Å². The molecule has 0 saturated heterocycles. The van der Waals surface area contributed by atoms with Crippen molar-refractivity contribution >= 4 is 28.4 Å². The molecule has 2 nitrogen and oxygen atoms in total. The van der Waals surface area contributed by atoms with Crippen LogP contribution >= 0.6 is 11.8 Å². The maximum Gasteiger partial charge on any atom is 0.174 e. The maximum atomic E-state index is 12.1. The molecule has 2 aromatic rings. The summed E-state index contributed by atoms with van der Waals surface area (Å²) >= 11 is 1.73. The van der Waals surface area contributed by atoms with Gasteiger partial charge in [0, 0.05) is 22.7 Å². The van der Waals surface area contributed by atoms with Crippen LogP contribution in [-0.4, -0.2) is 22.3 Å². The Labute approximate surface area is 112 Å². The Balaban J connectivity index is 1.97. The Morgan fingerprint density at radius 3 is 2.89 bits per heavy atom. The predicted molar refractivity (Wildman–Crippen MR) is 79.4 cm³/mol. The van der Waals surface area contributed by atoms with E-state index in [4.69, 9.17) is 0 Å². The normalized spacial score (nSPS) is 11.3. The van der Waals surface area contributed by atoms with E-state index < -0.39 is 0 Å². The molecule has 1 aromatic heterocycles.